The van der Waals surface area contributed by atoms with Gasteiger partial charge in [0.25, 0.3) is 5.56 Å². The predicted molar refractivity (Wildman–Crippen MR) is 116 cm³/mol. The number of hydrogen-bond donors (Lipinski definition) is 2. The summed E-state index contributed by atoms with van der Waals surface area (Å²) in [7, 11) is 2.70. The molecule has 0 radical (unpaired) electrons. The number of benzene rings is 1. The average molecular weight is 453 g/mol. The van der Waals surface area contributed by atoms with Crippen LogP contribution >= 0.6 is 34.7 Å². The molecule has 3 rings (SSSR count). The van der Waals surface area contributed by atoms with Crippen LogP contribution in [0, 0.1) is 6.92 Å². The summed E-state index contributed by atoms with van der Waals surface area (Å²) in [6.45, 7) is 1.89. The topological polar surface area (TPSA) is 125 Å². The fourth-order valence-corrected chi connectivity index (χ4v) is 4.31. The Bertz CT molecular complexity index is 1220. The van der Waals surface area contributed by atoms with Gasteiger partial charge in [0.2, 0.25) is 5.13 Å². The fraction of sp³-hybridized carbons (Fsp3) is 0.235. The zero-order valence-electron chi connectivity index (χ0n) is 15.7. The Morgan fingerprint density at radius 1 is 1.28 bits per heavy atom. The molecule has 2 heterocycles. The molecule has 1 aromatic carbocycles. The Balaban J connectivity index is 1.74. The van der Waals surface area contributed by atoms with Gasteiger partial charge in [-0.1, -0.05) is 40.8 Å². The molecule has 0 spiro atoms. The molecule has 0 unspecified atom stereocenters. The van der Waals surface area contributed by atoms with Gasteiger partial charge in [-0.05, 0) is 24.6 Å². The Morgan fingerprint density at radius 3 is 2.72 bits per heavy atom. The first kappa shape index (κ1) is 21.1. The van der Waals surface area contributed by atoms with E-state index < -0.39 is 17.0 Å². The normalized spacial score (nSPS) is 10.9. The summed E-state index contributed by atoms with van der Waals surface area (Å²) in [4.78, 5) is 36.7. The first-order valence-electron chi connectivity index (χ1n) is 8.27. The van der Waals surface area contributed by atoms with Crippen LogP contribution in [0.3, 0.4) is 0 Å². The molecular formula is C17H17ClN6O3S2. The van der Waals surface area contributed by atoms with Gasteiger partial charge in [-0.3, -0.25) is 18.7 Å². The van der Waals surface area contributed by atoms with E-state index in [-0.39, 0.29) is 17.1 Å². The smallest absolute Gasteiger partial charge is 0.332 e. The van der Waals surface area contributed by atoms with E-state index in [0.717, 1.165) is 32.1 Å². The molecule has 0 fully saturated rings. The first-order chi connectivity index (χ1) is 13.7. The Morgan fingerprint density at radius 2 is 2.00 bits per heavy atom. The lowest BCUT2D eigenvalue weighted by atomic mass is 10.2. The van der Waals surface area contributed by atoms with Gasteiger partial charge in [-0.25, -0.2) is 4.79 Å². The monoisotopic (exact) mass is 452 g/mol. The lowest BCUT2D eigenvalue weighted by Crippen LogP contribution is -2.41. The number of carbonyl (C=O) groups is 1. The maximum absolute atomic E-state index is 12.6. The number of nitrogens with zero attached hydrogens (tertiary/aromatic N) is 4. The second kappa shape index (κ2) is 8.39. The first-order valence-corrected chi connectivity index (χ1v) is 10.5. The summed E-state index contributed by atoms with van der Waals surface area (Å²) in [5, 5.41) is 12.4. The molecule has 0 saturated heterocycles. The molecule has 0 atom stereocenters. The van der Waals surface area contributed by atoms with Crippen LogP contribution in [-0.2, 0) is 14.1 Å². The van der Waals surface area contributed by atoms with Gasteiger partial charge in [0.15, 0.2) is 10.1 Å². The molecule has 29 heavy (non-hydrogen) atoms. The van der Waals surface area contributed by atoms with Crippen molar-refractivity contribution in [2.75, 3.05) is 16.8 Å². The molecule has 12 heteroatoms. The van der Waals surface area contributed by atoms with E-state index in [0.29, 0.717) is 14.5 Å². The van der Waals surface area contributed by atoms with Crippen molar-refractivity contribution in [3.05, 3.63) is 55.2 Å². The van der Waals surface area contributed by atoms with E-state index in [2.05, 4.69) is 15.5 Å². The Hall–Kier alpha value is -2.63. The highest BCUT2D eigenvalue weighted by Gasteiger charge is 2.21. The molecule has 0 aliphatic rings. The molecule has 0 aliphatic heterocycles. The van der Waals surface area contributed by atoms with Gasteiger partial charge in [0.1, 0.15) is 11.4 Å². The van der Waals surface area contributed by atoms with E-state index in [9.17, 15) is 14.4 Å². The number of aromatic nitrogens is 4. The van der Waals surface area contributed by atoms with E-state index in [1.54, 1.807) is 6.07 Å². The number of halogens is 1. The Kier molecular flexibility index (Phi) is 6.10. The van der Waals surface area contributed by atoms with Crippen molar-refractivity contribution in [1.82, 2.24) is 19.3 Å². The van der Waals surface area contributed by atoms with Crippen LogP contribution in [-0.4, -0.2) is 30.9 Å². The third kappa shape index (κ3) is 4.21. The molecule has 0 saturated carbocycles. The van der Waals surface area contributed by atoms with E-state index >= 15 is 0 Å². The van der Waals surface area contributed by atoms with Gasteiger partial charge in [0, 0.05) is 24.8 Å². The molecule has 0 amide bonds. The number of nitrogens with two attached hydrogens (primary N) is 1. The van der Waals surface area contributed by atoms with Gasteiger partial charge < -0.3 is 11.1 Å². The second-order valence-electron chi connectivity index (χ2n) is 6.09. The summed E-state index contributed by atoms with van der Waals surface area (Å²) < 4.78 is 2.47. The van der Waals surface area contributed by atoms with Crippen molar-refractivity contribution in [2.45, 2.75) is 11.3 Å². The van der Waals surface area contributed by atoms with E-state index in [4.69, 9.17) is 17.3 Å². The van der Waals surface area contributed by atoms with Gasteiger partial charge in [0.05, 0.1) is 5.75 Å². The highest BCUT2D eigenvalue weighted by Crippen LogP contribution is 2.31. The molecule has 152 valence electrons. The van der Waals surface area contributed by atoms with Crippen LogP contribution in [0.1, 0.15) is 15.9 Å². The summed E-state index contributed by atoms with van der Waals surface area (Å²) in [6, 6.07) is 5.49. The zero-order valence-corrected chi connectivity index (χ0v) is 18.1. The number of thioether (sulfide) groups is 1. The number of Topliss-reactive ketones (excluding diaryl/α,β-unsaturated/α-hetero) is 1. The molecule has 0 aliphatic carbocycles. The number of ketones is 1. The van der Waals surface area contributed by atoms with Crippen LogP contribution < -0.4 is 22.3 Å². The summed E-state index contributed by atoms with van der Waals surface area (Å²) in [5.74, 6) is -0.707. The summed E-state index contributed by atoms with van der Waals surface area (Å²) in [6.07, 6.45) is 0. The molecular weight excluding hydrogens is 436 g/mol. The third-order valence-electron chi connectivity index (χ3n) is 4.23. The Labute approximate surface area is 178 Å². The van der Waals surface area contributed by atoms with Crippen LogP contribution in [0.2, 0.25) is 5.02 Å². The summed E-state index contributed by atoms with van der Waals surface area (Å²) >= 11 is 8.51. The van der Waals surface area contributed by atoms with Crippen LogP contribution in [0.4, 0.5) is 16.6 Å². The minimum atomic E-state index is -0.716. The van der Waals surface area contributed by atoms with Crippen molar-refractivity contribution in [3.8, 4) is 0 Å². The lowest BCUT2D eigenvalue weighted by Gasteiger charge is -2.10. The number of nitrogens with one attached hydrogen (secondary N) is 1. The number of rotatable bonds is 6. The predicted octanol–water partition coefficient (Wildman–Crippen LogP) is 2.20. The van der Waals surface area contributed by atoms with Crippen molar-refractivity contribution < 1.29 is 4.79 Å². The zero-order chi connectivity index (χ0) is 21.3. The van der Waals surface area contributed by atoms with Crippen LogP contribution in [0.15, 0.2) is 32.1 Å². The number of hydrogen-bond acceptors (Lipinski definition) is 9. The second-order valence-corrected chi connectivity index (χ2v) is 8.70. The van der Waals surface area contributed by atoms with Gasteiger partial charge in [-0.2, -0.15) is 0 Å². The molecule has 9 nitrogen and oxygen atoms in total. The number of nitrogen functional groups attached to an aromatic ring is 1. The quantitative estimate of drug-likeness (QED) is 0.430. The minimum absolute atomic E-state index is 0.0670. The number of carbonyl (C=O) groups excluding carboxylic acids is 1. The molecule has 0 bridgehead atoms. The van der Waals surface area contributed by atoms with E-state index in [1.165, 1.54) is 25.4 Å². The third-order valence-corrected chi connectivity index (χ3v) is 6.61. The van der Waals surface area contributed by atoms with Crippen molar-refractivity contribution in [2.24, 2.45) is 14.1 Å². The average Bonchev–Trinajstić information content (AvgIpc) is 3.14. The highest BCUT2D eigenvalue weighted by atomic mass is 35.5. The van der Waals surface area contributed by atoms with Crippen molar-refractivity contribution in [3.63, 3.8) is 0 Å². The largest absolute Gasteiger partial charge is 0.384 e. The minimum Gasteiger partial charge on any atom is -0.384 e. The van der Waals surface area contributed by atoms with E-state index in [1.807, 2.05) is 19.1 Å². The highest BCUT2D eigenvalue weighted by molar-refractivity contribution is 8.01. The van der Waals surface area contributed by atoms with Crippen LogP contribution in [0.25, 0.3) is 0 Å². The lowest BCUT2D eigenvalue weighted by molar-refractivity contribution is 0.102. The van der Waals surface area contributed by atoms with Gasteiger partial charge >= 0.3 is 5.69 Å². The fourth-order valence-electron chi connectivity index (χ4n) is 2.50. The van der Waals surface area contributed by atoms with Crippen molar-refractivity contribution in [1.29, 1.82) is 0 Å². The molecule has 2 aromatic heterocycles. The van der Waals surface area contributed by atoms with Crippen LogP contribution in [0.5, 0.6) is 0 Å². The van der Waals surface area contributed by atoms with Gasteiger partial charge in [-0.15, -0.1) is 10.2 Å². The number of anilines is 3. The molecule has 3 aromatic rings. The SMILES string of the molecule is Cc1c(Cl)cccc1Nc1nnc(SCC(=O)c2c(N)n(C)c(=O)n(C)c2=O)s1. The summed E-state index contributed by atoms with van der Waals surface area (Å²) in [5.41, 5.74) is 5.99. The maximum atomic E-state index is 12.6. The maximum Gasteiger partial charge on any atom is 0.332 e. The standard InChI is InChI=1S/C17H17ClN6O3S2/c1-8-9(18)5-4-6-10(8)20-15-21-22-16(29-15)28-7-11(25)12-13(19)23(2)17(27)24(3)14(12)26/h4-6H,7,19H2,1-3H3,(H,20,21). The molecule has 3 N–H and O–H groups in total. The van der Waals surface area contributed by atoms with Crippen molar-refractivity contribution >= 4 is 57.1 Å².